The van der Waals surface area contributed by atoms with Crippen LogP contribution in [0.5, 0.6) is 0 Å². The molecule has 2 rings (SSSR count). The number of amides is 3. The number of allylic oxidation sites excluding steroid dienone is 4. The molecule has 0 radical (unpaired) electrons. The number of rotatable bonds is 14. The fraction of sp³-hybridized carbons (Fsp3) is 0.645. The predicted molar refractivity (Wildman–Crippen MR) is 180 cm³/mol. The van der Waals surface area contributed by atoms with Crippen LogP contribution in [-0.2, 0) is 23.9 Å². The predicted octanol–water partition coefficient (Wildman–Crippen LogP) is 4.63. The summed E-state index contributed by atoms with van der Waals surface area (Å²) in [4.78, 5) is 56.2. The van der Waals surface area contributed by atoms with Crippen molar-refractivity contribution in [1.82, 2.24) is 21.1 Å². The van der Waals surface area contributed by atoms with E-state index in [0.29, 0.717) is 38.6 Å². The van der Waals surface area contributed by atoms with Crippen LogP contribution in [0.15, 0.2) is 40.6 Å². The van der Waals surface area contributed by atoms with E-state index >= 15 is 0 Å². The Bertz CT molecular complexity index is 1080. The number of aliphatic imine (C=N–C) groups is 1. The third-order valence-electron chi connectivity index (χ3n) is 6.72. The Hall–Kier alpha value is -2.77. The van der Waals surface area contributed by atoms with Crippen molar-refractivity contribution in [2.75, 3.05) is 26.5 Å². The Morgan fingerprint density at radius 3 is 2.59 bits per heavy atom. The van der Waals surface area contributed by atoms with E-state index in [1.165, 1.54) is 12.1 Å². The summed E-state index contributed by atoms with van der Waals surface area (Å²) in [5, 5.41) is 18.0. The zero-order valence-corrected chi connectivity index (χ0v) is 28.8. The summed E-state index contributed by atoms with van der Waals surface area (Å²) < 4.78 is 4.83. The first kappa shape index (κ1) is 39.3. The number of hydrogen-bond acceptors (Lipinski definition) is 10. The van der Waals surface area contributed by atoms with Crippen LogP contribution in [0.3, 0.4) is 0 Å². The Morgan fingerprint density at radius 2 is 1.98 bits per heavy atom. The number of nitrogens with one attached hydrogen (secondary N) is 3. The van der Waals surface area contributed by atoms with Crippen molar-refractivity contribution < 1.29 is 29.0 Å². The van der Waals surface area contributed by atoms with Crippen molar-refractivity contribution in [2.24, 2.45) is 10.9 Å². The lowest BCUT2D eigenvalue weighted by Crippen LogP contribution is -2.61. The molecule has 0 spiro atoms. The molecule has 0 aromatic heterocycles. The number of esters is 1. The minimum Gasteiger partial charge on any atom is -0.512 e. The van der Waals surface area contributed by atoms with Gasteiger partial charge >= 0.3 is 5.97 Å². The van der Waals surface area contributed by atoms with Crippen LogP contribution in [-0.4, -0.2) is 83.4 Å². The normalized spacial score (nSPS) is 18.4. The highest BCUT2D eigenvalue weighted by Crippen LogP contribution is 2.25. The van der Waals surface area contributed by atoms with E-state index in [4.69, 9.17) is 4.74 Å². The number of carbonyl (C=O) groups is 4. The summed E-state index contributed by atoms with van der Waals surface area (Å²) in [7, 11) is 6.20. The van der Waals surface area contributed by atoms with Crippen LogP contribution in [0.25, 0.3) is 0 Å². The van der Waals surface area contributed by atoms with Gasteiger partial charge < -0.3 is 20.5 Å². The Labute approximate surface area is 270 Å². The summed E-state index contributed by atoms with van der Waals surface area (Å²) in [6.45, 7) is 9.96. The lowest BCUT2D eigenvalue weighted by Gasteiger charge is -2.35. The van der Waals surface area contributed by atoms with Gasteiger partial charge in [-0.05, 0) is 67.0 Å². The molecule has 4 N–H and O–H groups in total. The molecule has 1 fully saturated rings. The zero-order valence-electron chi connectivity index (χ0n) is 27.2. The molecular formula is C31H51N5O6S2. The van der Waals surface area contributed by atoms with Crippen molar-refractivity contribution >= 4 is 50.3 Å². The van der Waals surface area contributed by atoms with Gasteiger partial charge in [0.15, 0.2) is 0 Å². The Kier molecular flexibility index (Phi) is 19.5. The van der Waals surface area contributed by atoms with E-state index in [0.717, 1.165) is 16.4 Å². The standard InChI is InChI=1S/C29H45N5O6S2.C2H6/c1-6-10-25(30-4)42-41-16-9-14-24(36)32-26(19(2)3)27(37)31-23(18-20-11-7-12-21(35)17-20)28(38)34-15-8-13-22(33-34)29(39)40-5;1-2/h6,10-11,17,19,22-23,26,33,35H,7-9,12-16,18H2,1-5H3,(H,31,37)(H,32,36);1-2H3/b10-6-,30-25?;. The van der Waals surface area contributed by atoms with E-state index in [2.05, 4.69) is 21.1 Å². The first-order chi connectivity index (χ1) is 21.1. The summed E-state index contributed by atoms with van der Waals surface area (Å²) in [5.41, 5.74) is 3.66. The van der Waals surface area contributed by atoms with Gasteiger partial charge in [0.05, 0.1) is 12.9 Å². The Morgan fingerprint density at radius 1 is 1.25 bits per heavy atom. The summed E-state index contributed by atoms with van der Waals surface area (Å²) >= 11 is 0. The fourth-order valence-corrected chi connectivity index (χ4v) is 6.58. The van der Waals surface area contributed by atoms with Gasteiger partial charge in [0, 0.05) is 38.6 Å². The molecule has 0 saturated carbocycles. The van der Waals surface area contributed by atoms with Crippen molar-refractivity contribution in [3.05, 3.63) is 35.6 Å². The molecule has 13 heteroatoms. The summed E-state index contributed by atoms with van der Waals surface area (Å²) in [6, 6.07) is -2.48. The number of aliphatic hydroxyl groups excluding tert-OH is 1. The number of nitrogens with zero attached hydrogens (tertiary/aromatic N) is 2. The van der Waals surface area contributed by atoms with Gasteiger partial charge in [-0.1, -0.05) is 50.6 Å². The second kappa shape index (κ2) is 21.9. The van der Waals surface area contributed by atoms with Gasteiger partial charge in [0.25, 0.3) is 5.91 Å². The lowest BCUT2D eigenvalue weighted by molar-refractivity contribution is -0.151. The first-order valence-electron chi connectivity index (χ1n) is 15.3. The number of methoxy groups -OCH3 is 1. The fourth-order valence-electron chi connectivity index (χ4n) is 4.49. The quantitative estimate of drug-likeness (QED) is 0.0692. The maximum Gasteiger partial charge on any atom is 0.324 e. The zero-order chi connectivity index (χ0) is 33.1. The molecule has 3 amide bonds. The van der Waals surface area contributed by atoms with Gasteiger partial charge in [-0.3, -0.25) is 29.2 Å². The van der Waals surface area contributed by atoms with Gasteiger partial charge in [0.2, 0.25) is 11.8 Å². The van der Waals surface area contributed by atoms with Crippen molar-refractivity contribution in [1.29, 1.82) is 0 Å². The third-order valence-corrected chi connectivity index (χ3v) is 9.15. The molecule has 44 heavy (non-hydrogen) atoms. The number of hydrogen-bond donors (Lipinski definition) is 4. The molecule has 1 aliphatic heterocycles. The molecule has 0 bridgehead atoms. The lowest BCUT2D eigenvalue weighted by atomic mass is 9.97. The molecule has 0 aromatic rings. The van der Waals surface area contributed by atoms with Crippen molar-refractivity contribution in [3.8, 4) is 0 Å². The van der Waals surface area contributed by atoms with Crippen LogP contribution < -0.4 is 16.1 Å². The third kappa shape index (κ3) is 13.9. The van der Waals surface area contributed by atoms with Crippen LogP contribution >= 0.6 is 21.6 Å². The second-order valence-electron chi connectivity index (χ2n) is 10.4. The minimum absolute atomic E-state index is 0.152. The van der Waals surface area contributed by atoms with Gasteiger partial charge in [0.1, 0.15) is 23.2 Å². The number of hydrazine groups is 1. The minimum atomic E-state index is -0.979. The first-order valence-corrected chi connectivity index (χ1v) is 17.6. The monoisotopic (exact) mass is 653 g/mol. The SMILES string of the molecule is C/C=C\C(=NC)SSCCCC(=O)NC(C(=O)NC(CC1=CCCC(O)=C1)C(=O)N1CCCC(C(=O)OC)N1)C(C)C.CC. The second-order valence-corrected chi connectivity index (χ2v) is 12.9. The maximum atomic E-state index is 13.7. The largest absolute Gasteiger partial charge is 0.512 e. The molecule has 1 heterocycles. The smallest absolute Gasteiger partial charge is 0.324 e. The highest BCUT2D eigenvalue weighted by atomic mass is 33.1. The summed E-state index contributed by atoms with van der Waals surface area (Å²) in [6.07, 6.45) is 10.7. The van der Waals surface area contributed by atoms with Gasteiger partial charge in [-0.25, -0.2) is 5.43 Å². The van der Waals surface area contributed by atoms with Crippen LogP contribution in [0, 0.1) is 5.92 Å². The van der Waals surface area contributed by atoms with Crippen LogP contribution in [0.4, 0.5) is 0 Å². The number of carbonyl (C=O) groups excluding carboxylic acids is 4. The van der Waals surface area contributed by atoms with Gasteiger partial charge in [-0.2, -0.15) is 0 Å². The topological polar surface area (TPSA) is 149 Å². The van der Waals surface area contributed by atoms with E-state index < -0.39 is 35.9 Å². The van der Waals surface area contributed by atoms with E-state index in [-0.39, 0.29) is 30.4 Å². The maximum absolute atomic E-state index is 13.7. The molecule has 3 atom stereocenters. The van der Waals surface area contributed by atoms with Crippen LogP contribution in [0.1, 0.15) is 79.6 Å². The number of ether oxygens (including phenoxy) is 1. The van der Waals surface area contributed by atoms with Crippen molar-refractivity contribution in [2.45, 2.75) is 97.7 Å². The summed E-state index contributed by atoms with van der Waals surface area (Å²) in [5.74, 6) is -0.849. The van der Waals surface area contributed by atoms with E-state index in [1.54, 1.807) is 34.7 Å². The molecule has 1 aliphatic carbocycles. The van der Waals surface area contributed by atoms with Crippen LogP contribution in [0.2, 0.25) is 0 Å². The molecule has 248 valence electrons. The molecule has 2 aliphatic rings. The number of aliphatic hydroxyl groups is 1. The highest BCUT2D eigenvalue weighted by molar-refractivity contribution is 8.82. The molecule has 0 aromatic carbocycles. The van der Waals surface area contributed by atoms with E-state index in [9.17, 15) is 24.3 Å². The van der Waals surface area contributed by atoms with Crippen molar-refractivity contribution in [3.63, 3.8) is 0 Å². The average Bonchev–Trinajstić information content (AvgIpc) is 3.02. The molecule has 1 saturated heterocycles. The Balaban J connectivity index is 0.00000474. The van der Waals surface area contributed by atoms with E-state index in [1.807, 2.05) is 52.8 Å². The average molecular weight is 654 g/mol. The van der Waals surface area contributed by atoms with Gasteiger partial charge in [-0.15, -0.1) is 0 Å². The molecule has 3 unspecified atom stereocenters. The molecular weight excluding hydrogens is 603 g/mol. The highest BCUT2D eigenvalue weighted by Gasteiger charge is 2.35. The molecule has 11 nitrogen and oxygen atoms in total.